The van der Waals surface area contributed by atoms with E-state index in [9.17, 15) is 22.8 Å². The number of carbonyl (C=O) groups is 2. The quantitative estimate of drug-likeness (QED) is 0.368. The van der Waals surface area contributed by atoms with Gasteiger partial charge < -0.3 is 9.47 Å². The first-order valence-corrected chi connectivity index (χ1v) is 8.75. The molecule has 0 radical (unpaired) electrons. The van der Waals surface area contributed by atoms with Crippen LogP contribution >= 0.6 is 0 Å². The van der Waals surface area contributed by atoms with E-state index in [-0.39, 0.29) is 24.5 Å². The SMILES string of the molecule is COc1cc(C(C)=O)ccc1OCCCC(=O)NNc1ccccc1C(F)(F)F. The van der Waals surface area contributed by atoms with Crippen LogP contribution in [0.15, 0.2) is 42.5 Å². The number of nitrogens with one attached hydrogen (secondary N) is 2. The van der Waals surface area contributed by atoms with Crippen LogP contribution in [0, 0.1) is 0 Å². The number of benzene rings is 2. The lowest BCUT2D eigenvalue weighted by Gasteiger charge is -2.15. The number of alkyl halides is 3. The van der Waals surface area contributed by atoms with E-state index in [2.05, 4.69) is 10.9 Å². The third-order valence-electron chi connectivity index (χ3n) is 3.94. The fraction of sp³-hybridized carbons (Fsp3) is 0.300. The van der Waals surface area contributed by atoms with E-state index in [4.69, 9.17) is 9.47 Å². The highest BCUT2D eigenvalue weighted by Gasteiger charge is 2.33. The molecule has 0 aliphatic heterocycles. The van der Waals surface area contributed by atoms with Gasteiger partial charge in [0.1, 0.15) is 0 Å². The Morgan fingerprint density at radius 3 is 2.45 bits per heavy atom. The molecule has 0 unspecified atom stereocenters. The molecule has 0 aromatic heterocycles. The summed E-state index contributed by atoms with van der Waals surface area (Å²) in [6, 6.07) is 9.62. The van der Waals surface area contributed by atoms with Crippen LogP contribution in [0.2, 0.25) is 0 Å². The van der Waals surface area contributed by atoms with Gasteiger partial charge in [0.25, 0.3) is 0 Å². The van der Waals surface area contributed by atoms with Crippen LogP contribution in [0.25, 0.3) is 0 Å². The number of hydrogen-bond donors (Lipinski definition) is 2. The summed E-state index contributed by atoms with van der Waals surface area (Å²) >= 11 is 0. The molecule has 0 saturated heterocycles. The molecule has 2 aromatic rings. The molecular weight excluding hydrogens is 389 g/mol. The van der Waals surface area contributed by atoms with Gasteiger partial charge in [0.2, 0.25) is 5.91 Å². The Morgan fingerprint density at radius 1 is 1.07 bits per heavy atom. The number of hydrogen-bond acceptors (Lipinski definition) is 5. The van der Waals surface area contributed by atoms with E-state index in [0.29, 0.717) is 23.5 Å². The van der Waals surface area contributed by atoms with Crippen molar-refractivity contribution in [2.75, 3.05) is 19.1 Å². The van der Waals surface area contributed by atoms with Gasteiger partial charge in [-0.15, -0.1) is 0 Å². The lowest BCUT2D eigenvalue weighted by atomic mass is 10.1. The number of amides is 1. The second-order valence-electron chi connectivity index (χ2n) is 6.09. The minimum atomic E-state index is -4.53. The third-order valence-corrected chi connectivity index (χ3v) is 3.94. The number of rotatable bonds is 9. The van der Waals surface area contributed by atoms with E-state index in [0.717, 1.165) is 6.07 Å². The fourth-order valence-corrected chi connectivity index (χ4v) is 2.46. The van der Waals surface area contributed by atoms with Crippen LogP contribution < -0.4 is 20.3 Å². The normalized spacial score (nSPS) is 10.9. The summed E-state index contributed by atoms with van der Waals surface area (Å²) < 4.78 is 49.5. The van der Waals surface area contributed by atoms with Crippen LogP contribution in [0.3, 0.4) is 0 Å². The van der Waals surface area contributed by atoms with Crippen molar-refractivity contribution in [2.45, 2.75) is 25.9 Å². The molecule has 0 aliphatic rings. The van der Waals surface area contributed by atoms with E-state index in [1.54, 1.807) is 18.2 Å². The lowest BCUT2D eigenvalue weighted by molar-refractivity contribution is -0.137. The van der Waals surface area contributed by atoms with Gasteiger partial charge in [0.05, 0.1) is 25.0 Å². The maximum absolute atomic E-state index is 12.9. The van der Waals surface area contributed by atoms with E-state index in [1.165, 1.54) is 32.2 Å². The summed E-state index contributed by atoms with van der Waals surface area (Å²) in [6.07, 6.45) is -4.17. The Kier molecular flexibility index (Phi) is 7.46. The van der Waals surface area contributed by atoms with Crippen LogP contribution in [0.4, 0.5) is 18.9 Å². The predicted molar refractivity (Wildman–Crippen MR) is 101 cm³/mol. The van der Waals surface area contributed by atoms with Crippen molar-refractivity contribution in [1.29, 1.82) is 0 Å². The van der Waals surface area contributed by atoms with Crippen molar-refractivity contribution in [3.8, 4) is 11.5 Å². The van der Waals surface area contributed by atoms with Gasteiger partial charge in [0.15, 0.2) is 17.3 Å². The molecule has 1 amide bonds. The van der Waals surface area contributed by atoms with Crippen molar-refractivity contribution in [3.63, 3.8) is 0 Å². The molecule has 0 bridgehead atoms. The molecular formula is C20H21F3N2O4. The van der Waals surface area contributed by atoms with Crippen LogP contribution in [0.1, 0.15) is 35.7 Å². The molecule has 0 spiro atoms. The summed E-state index contributed by atoms with van der Waals surface area (Å²) in [5.41, 5.74) is 3.93. The first kappa shape index (κ1) is 22.1. The summed E-state index contributed by atoms with van der Waals surface area (Å²) in [5.74, 6) is 0.235. The number of hydrazine groups is 1. The zero-order valence-electron chi connectivity index (χ0n) is 15.9. The summed E-state index contributed by atoms with van der Waals surface area (Å²) in [4.78, 5) is 23.2. The van der Waals surface area contributed by atoms with Crippen LogP contribution in [0.5, 0.6) is 11.5 Å². The summed E-state index contributed by atoms with van der Waals surface area (Å²) in [5, 5.41) is 0. The first-order valence-electron chi connectivity index (χ1n) is 8.75. The molecule has 2 aromatic carbocycles. The summed E-state index contributed by atoms with van der Waals surface area (Å²) in [6.45, 7) is 1.62. The zero-order chi connectivity index (χ0) is 21.4. The topological polar surface area (TPSA) is 76.7 Å². The van der Waals surface area contributed by atoms with Crippen LogP contribution in [-0.2, 0) is 11.0 Å². The van der Waals surface area contributed by atoms with Gasteiger partial charge in [-0.2, -0.15) is 13.2 Å². The van der Waals surface area contributed by atoms with E-state index >= 15 is 0 Å². The predicted octanol–water partition coefficient (Wildman–Crippen LogP) is 4.22. The number of anilines is 1. The van der Waals surface area contributed by atoms with Gasteiger partial charge in [-0.1, -0.05) is 12.1 Å². The number of ether oxygens (including phenoxy) is 2. The minimum Gasteiger partial charge on any atom is -0.493 e. The Labute approximate surface area is 166 Å². The highest BCUT2D eigenvalue weighted by molar-refractivity contribution is 5.94. The maximum Gasteiger partial charge on any atom is 0.418 e. The number of para-hydroxylation sites is 1. The van der Waals surface area contributed by atoms with Gasteiger partial charge >= 0.3 is 6.18 Å². The Balaban J connectivity index is 1.81. The molecule has 0 saturated carbocycles. The van der Waals surface area contributed by atoms with Gasteiger partial charge in [-0.3, -0.25) is 20.4 Å². The van der Waals surface area contributed by atoms with Crippen molar-refractivity contribution in [3.05, 3.63) is 53.6 Å². The molecule has 29 heavy (non-hydrogen) atoms. The molecule has 2 N–H and O–H groups in total. The van der Waals surface area contributed by atoms with Crippen molar-refractivity contribution in [2.24, 2.45) is 0 Å². The Hall–Kier alpha value is -3.23. The molecule has 0 atom stereocenters. The van der Waals surface area contributed by atoms with Gasteiger partial charge in [0, 0.05) is 12.0 Å². The zero-order valence-corrected chi connectivity index (χ0v) is 15.9. The second-order valence-corrected chi connectivity index (χ2v) is 6.09. The fourth-order valence-electron chi connectivity index (χ4n) is 2.46. The molecule has 0 heterocycles. The largest absolute Gasteiger partial charge is 0.493 e. The molecule has 9 heteroatoms. The van der Waals surface area contributed by atoms with Crippen molar-refractivity contribution in [1.82, 2.24) is 5.43 Å². The van der Waals surface area contributed by atoms with E-state index < -0.39 is 17.6 Å². The highest BCUT2D eigenvalue weighted by Crippen LogP contribution is 2.34. The van der Waals surface area contributed by atoms with Gasteiger partial charge in [-0.05, 0) is 43.7 Å². The van der Waals surface area contributed by atoms with Crippen molar-refractivity contribution < 1.29 is 32.2 Å². The highest BCUT2D eigenvalue weighted by atomic mass is 19.4. The number of methoxy groups -OCH3 is 1. The lowest BCUT2D eigenvalue weighted by Crippen LogP contribution is -2.30. The number of halogens is 3. The maximum atomic E-state index is 12.9. The average Bonchev–Trinajstić information content (AvgIpc) is 2.69. The molecule has 6 nitrogen and oxygen atoms in total. The number of Topliss-reactive ketones (excluding diaryl/α,β-unsaturated/α-hetero) is 1. The summed E-state index contributed by atoms with van der Waals surface area (Å²) in [7, 11) is 1.45. The Bertz CT molecular complexity index is 869. The van der Waals surface area contributed by atoms with Crippen molar-refractivity contribution >= 4 is 17.4 Å². The monoisotopic (exact) mass is 410 g/mol. The third kappa shape index (κ3) is 6.41. The number of carbonyl (C=O) groups excluding carboxylic acids is 2. The minimum absolute atomic E-state index is 0.0367. The number of ketones is 1. The Morgan fingerprint density at radius 2 is 1.79 bits per heavy atom. The van der Waals surface area contributed by atoms with Crippen LogP contribution in [-0.4, -0.2) is 25.4 Å². The van der Waals surface area contributed by atoms with E-state index in [1.807, 2.05) is 0 Å². The molecule has 0 aliphatic carbocycles. The molecule has 2 rings (SSSR count). The standard InChI is InChI=1S/C20H21F3N2O4/c1-13(26)14-9-10-17(18(12-14)28-2)29-11-5-8-19(27)25-24-16-7-4-3-6-15(16)20(21,22)23/h3-4,6-7,9-10,12,24H,5,8,11H2,1-2H3,(H,25,27). The average molecular weight is 410 g/mol. The first-order chi connectivity index (χ1) is 13.7. The van der Waals surface area contributed by atoms with Gasteiger partial charge in [-0.25, -0.2) is 0 Å². The molecule has 156 valence electrons. The smallest absolute Gasteiger partial charge is 0.418 e. The second kappa shape index (κ2) is 9.81. The molecule has 0 fully saturated rings.